The number of hydrogen-bond acceptors (Lipinski definition) is 4. The van der Waals surface area contributed by atoms with E-state index in [0.29, 0.717) is 12.5 Å². The van der Waals surface area contributed by atoms with Gasteiger partial charge in [0.2, 0.25) is 11.9 Å². The third-order valence-corrected chi connectivity index (χ3v) is 6.00. The van der Waals surface area contributed by atoms with E-state index in [4.69, 9.17) is 0 Å². The third-order valence-electron chi connectivity index (χ3n) is 6.00. The van der Waals surface area contributed by atoms with E-state index in [1.165, 1.54) is 43.4 Å². The molecular weight excluding hydrogens is 379 g/mol. The number of rotatable bonds is 6. The van der Waals surface area contributed by atoms with Crippen LogP contribution in [0.3, 0.4) is 0 Å². The lowest BCUT2D eigenvalue weighted by Gasteiger charge is -2.32. The molecule has 1 aliphatic heterocycles. The molecule has 4 rings (SSSR count). The minimum atomic E-state index is -0.277. The van der Waals surface area contributed by atoms with Crippen LogP contribution in [0.4, 0.5) is 10.3 Å². The molecule has 1 N–H and O–H groups in total. The minimum Gasteiger partial charge on any atom is -0.355 e. The molecule has 1 atom stereocenters. The van der Waals surface area contributed by atoms with E-state index >= 15 is 0 Å². The quantitative estimate of drug-likeness (QED) is 0.715. The van der Waals surface area contributed by atoms with Crippen molar-refractivity contribution in [2.45, 2.75) is 44.9 Å². The topological polar surface area (TPSA) is 58.1 Å². The molecule has 0 bridgehead atoms. The first-order valence-corrected chi connectivity index (χ1v) is 11.0. The maximum atomic E-state index is 13.4. The summed E-state index contributed by atoms with van der Waals surface area (Å²) in [4.78, 5) is 23.7. The molecule has 0 spiro atoms. The van der Waals surface area contributed by atoms with Crippen molar-refractivity contribution in [2.75, 3.05) is 24.5 Å². The molecule has 1 unspecified atom stereocenters. The second-order valence-corrected chi connectivity index (χ2v) is 8.22. The standard InChI is InChI=1S/C24H29FN4O/c25-22-10-4-8-19(14-22)21-15-27-24(28-16-21)29-13-5-9-20(17-29)23(30)26-12-11-18-6-2-1-3-7-18/h4,6,8,10,14-16,20H,1-3,5,7,9,11-13,17H2,(H,26,30). The van der Waals surface area contributed by atoms with Crippen LogP contribution in [0.5, 0.6) is 0 Å². The Labute approximate surface area is 177 Å². The van der Waals surface area contributed by atoms with Gasteiger partial charge in [-0.15, -0.1) is 0 Å². The number of nitrogens with one attached hydrogen (secondary N) is 1. The zero-order valence-corrected chi connectivity index (χ0v) is 17.3. The zero-order chi connectivity index (χ0) is 20.8. The molecule has 30 heavy (non-hydrogen) atoms. The predicted molar refractivity (Wildman–Crippen MR) is 117 cm³/mol. The summed E-state index contributed by atoms with van der Waals surface area (Å²) in [7, 11) is 0. The molecule has 6 heteroatoms. The maximum absolute atomic E-state index is 13.4. The smallest absolute Gasteiger partial charge is 0.225 e. The molecule has 2 aromatic rings. The van der Waals surface area contributed by atoms with Crippen molar-refractivity contribution in [1.82, 2.24) is 15.3 Å². The summed E-state index contributed by atoms with van der Waals surface area (Å²) < 4.78 is 13.4. The van der Waals surface area contributed by atoms with E-state index in [9.17, 15) is 9.18 Å². The molecular formula is C24H29FN4O. The SMILES string of the molecule is O=C(NCCC1=CCCCC1)C1CCCN(c2ncc(-c3cccc(F)c3)cn2)C1. The number of carbonyl (C=O) groups is 1. The largest absolute Gasteiger partial charge is 0.355 e. The third kappa shape index (κ3) is 5.23. The molecule has 2 heterocycles. The van der Waals surface area contributed by atoms with Gasteiger partial charge in [-0.3, -0.25) is 4.79 Å². The monoisotopic (exact) mass is 408 g/mol. The lowest BCUT2D eigenvalue weighted by molar-refractivity contribution is -0.125. The highest BCUT2D eigenvalue weighted by molar-refractivity contribution is 5.79. The number of benzene rings is 1. The molecule has 1 aromatic heterocycles. The molecule has 1 amide bonds. The first kappa shape index (κ1) is 20.5. The highest BCUT2D eigenvalue weighted by Gasteiger charge is 2.27. The normalized spacial score (nSPS) is 19.3. The number of hydrogen-bond donors (Lipinski definition) is 1. The Hall–Kier alpha value is -2.76. The first-order chi connectivity index (χ1) is 14.7. The van der Waals surface area contributed by atoms with Crippen LogP contribution in [0, 0.1) is 11.7 Å². The summed E-state index contributed by atoms with van der Waals surface area (Å²) in [6.45, 7) is 2.20. The summed E-state index contributed by atoms with van der Waals surface area (Å²) in [5, 5.41) is 3.12. The van der Waals surface area contributed by atoms with Gasteiger partial charge in [-0.2, -0.15) is 0 Å². The van der Waals surface area contributed by atoms with Crippen molar-refractivity contribution in [1.29, 1.82) is 0 Å². The van der Waals surface area contributed by atoms with Crippen molar-refractivity contribution in [3.05, 3.63) is 54.1 Å². The van der Waals surface area contributed by atoms with E-state index in [0.717, 1.165) is 43.5 Å². The number of anilines is 1. The molecule has 1 aromatic carbocycles. The van der Waals surface area contributed by atoms with E-state index in [1.807, 2.05) is 6.07 Å². The van der Waals surface area contributed by atoms with Crippen LogP contribution in [-0.4, -0.2) is 35.5 Å². The predicted octanol–water partition coefficient (Wildman–Crippen LogP) is 4.51. The van der Waals surface area contributed by atoms with Gasteiger partial charge in [0, 0.05) is 37.6 Å². The molecule has 1 fully saturated rings. The second kappa shape index (κ2) is 9.83. The molecule has 1 saturated heterocycles. The molecule has 0 radical (unpaired) electrons. The number of amides is 1. The molecule has 0 saturated carbocycles. The fourth-order valence-electron chi connectivity index (χ4n) is 4.30. The van der Waals surface area contributed by atoms with Crippen LogP contribution in [-0.2, 0) is 4.79 Å². The fourth-order valence-corrected chi connectivity index (χ4v) is 4.30. The van der Waals surface area contributed by atoms with Gasteiger partial charge in [-0.1, -0.05) is 23.8 Å². The number of aromatic nitrogens is 2. The number of nitrogens with zero attached hydrogens (tertiary/aromatic N) is 3. The van der Waals surface area contributed by atoms with Crippen molar-refractivity contribution in [3.63, 3.8) is 0 Å². The zero-order valence-electron chi connectivity index (χ0n) is 17.3. The fraction of sp³-hybridized carbons (Fsp3) is 0.458. The lowest BCUT2D eigenvalue weighted by Crippen LogP contribution is -2.44. The molecule has 1 aliphatic carbocycles. The van der Waals surface area contributed by atoms with Gasteiger partial charge in [-0.25, -0.2) is 14.4 Å². The van der Waals surface area contributed by atoms with Crippen molar-refractivity contribution >= 4 is 11.9 Å². The summed E-state index contributed by atoms with van der Waals surface area (Å²) in [6, 6.07) is 6.41. The average Bonchev–Trinajstić information content (AvgIpc) is 2.80. The van der Waals surface area contributed by atoms with E-state index < -0.39 is 0 Å². The highest BCUT2D eigenvalue weighted by Crippen LogP contribution is 2.24. The van der Waals surface area contributed by atoms with Crippen LogP contribution < -0.4 is 10.2 Å². The van der Waals surface area contributed by atoms with Crippen LogP contribution >= 0.6 is 0 Å². The molecule has 2 aliphatic rings. The van der Waals surface area contributed by atoms with E-state index in [-0.39, 0.29) is 17.6 Å². The van der Waals surface area contributed by atoms with Crippen molar-refractivity contribution in [2.24, 2.45) is 5.92 Å². The second-order valence-electron chi connectivity index (χ2n) is 8.22. The van der Waals surface area contributed by atoms with Gasteiger partial charge in [0.15, 0.2) is 0 Å². The lowest BCUT2D eigenvalue weighted by atomic mass is 9.96. The maximum Gasteiger partial charge on any atom is 0.225 e. The summed E-state index contributed by atoms with van der Waals surface area (Å²) in [5.74, 6) is 0.444. The van der Waals surface area contributed by atoms with Gasteiger partial charge in [0.25, 0.3) is 0 Å². The number of allylic oxidation sites excluding steroid dienone is 1. The number of halogens is 1. The van der Waals surface area contributed by atoms with Gasteiger partial charge < -0.3 is 10.2 Å². The Bertz CT molecular complexity index is 896. The van der Waals surface area contributed by atoms with Crippen LogP contribution in [0.2, 0.25) is 0 Å². The average molecular weight is 409 g/mol. The highest BCUT2D eigenvalue weighted by atomic mass is 19.1. The Morgan fingerprint density at radius 2 is 2.03 bits per heavy atom. The van der Waals surface area contributed by atoms with Crippen LogP contribution in [0.15, 0.2) is 48.3 Å². The van der Waals surface area contributed by atoms with Gasteiger partial charge >= 0.3 is 0 Å². The summed E-state index contributed by atoms with van der Waals surface area (Å²) >= 11 is 0. The minimum absolute atomic E-state index is 0.0365. The van der Waals surface area contributed by atoms with Gasteiger partial charge in [-0.05, 0) is 62.6 Å². The first-order valence-electron chi connectivity index (χ1n) is 11.0. The number of carbonyl (C=O) groups excluding carboxylic acids is 1. The summed E-state index contributed by atoms with van der Waals surface area (Å²) in [6.07, 6.45) is 13.5. The molecule has 158 valence electrons. The Kier molecular flexibility index (Phi) is 6.72. The van der Waals surface area contributed by atoms with Crippen LogP contribution in [0.1, 0.15) is 44.9 Å². The molecule has 5 nitrogen and oxygen atoms in total. The van der Waals surface area contributed by atoms with Gasteiger partial charge in [0.1, 0.15) is 5.82 Å². The van der Waals surface area contributed by atoms with Crippen LogP contribution in [0.25, 0.3) is 11.1 Å². The van der Waals surface area contributed by atoms with E-state index in [2.05, 4.69) is 26.3 Å². The van der Waals surface area contributed by atoms with E-state index in [1.54, 1.807) is 18.5 Å². The van der Waals surface area contributed by atoms with Gasteiger partial charge in [0.05, 0.1) is 5.92 Å². The Morgan fingerprint density at radius 3 is 2.80 bits per heavy atom. The Balaban J connectivity index is 1.32. The Morgan fingerprint density at radius 1 is 1.17 bits per heavy atom. The van der Waals surface area contributed by atoms with Crippen molar-refractivity contribution in [3.8, 4) is 11.1 Å². The number of piperidine rings is 1. The van der Waals surface area contributed by atoms with Crippen molar-refractivity contribution < 1.29 is 9.18 Å². The summed E-state index contributed by atoms with van der Waals surface area (Å²) in [5.41, 5.74) is 3.02.